The number of benzene rings is 2. The first-order valence-corrected chi connectivity index (χ1v) is 10.8. The maximum Gasteiger partial charge on any atom is 0.264 e. The maximum atomic E-state index is 13.2. The minimum atomic E-state index is -0.323. The SMILES string of the molecule is O=c1c2cc3c(=O)n(-c4cc(Cl)cc(Cl)c4)ccc3nc2ccn1Cc1ccccc1Cl. The predicted molar refractivity (Wildman–Crippen MR) is 130 cm³/mol. The second-order valence-corrected chi connectivity index (χ2v) is 8.59. The van der Waals surface area contributed by atoms with Crippen molar-refractivity contribution in [1.82, 2.24) is 14.1 Å². The number of hydrogen-bond donors (Lipinski definition) is 0. The summed E-state index contributed by atoms with van der Waals surface area (Å²) in [5.41, 5.74) is 1.78. The minimum Gasteiger partial charge on any atom is -0.310 e. The van der Waals surface area contributed by atoms with Gasteiger partial charge in [0.1, 0.15) is 0 Å². The second kappa shape index (κ2) is 8.10. The lowest BCUT2D eigenvalue weighted by Crippen LogP contribution is -2.22. The van der Waals surface area contributed by atoms with E-state index < -0.39 is 0 Å². The van der Waals surface area contributed by atoms with E-state index in [1.807, 2.05) is 18.2 Å². The third-order valence-corrected chi connectivity index (χ3v) is 6.04. The van der Waals surface area contributed by atoms with Gasteiger partial charge in [0.05, 0.1) is 34.0 Å². The molecule has 0 amide bonds. The summed E-state index contributed by atoms with van der Waals surface area (Å²) in [6.07, 6.45) is 3.30. The Labute approximate surface area is 197 Å². The topological polar surface area (TPSA) is 56.9 Å². The zero-order valence-corrected chi connectivity index (χ0v) is 18.7. The molecule has 5 aromatic rings. The Hall–Kier alpha value is -3.12. The molecule has 5 nitrogen and oxygen atoms in total. The molecule has 158 valence electrons. The Morgan fingerprint density at radius 2 is 1.41 bits per heavy atom. The highest BCUT2D eigenvalue weighted by atomic mass is 35.5. The summed E-state index contributed by atoms with van der Waals surface area (Å²) in [4.78, 5) is 30.9. The van der Waals surface area contributed by atoms with E-state index >= 15 is 0 Å². The average molecular weight is 483 g/mol. The number of hydrogen-bond acceptors (Lipinski definition) is 3. The highest BCUT2D eigenvalue weighted by Gasteiger charge is 2.12. The molecule has 2 aromatic carbocycles. The fourth-order valence-electron chi connectivity index (χ4n) is 3.68. The number of halogens is 3. The van der Waals surface area contributed by atoms with E-state index in [1.54, 1.807) is 59.4 Å². The van der Waals surface area contributed by atoms with Gasteiger partial charge in [0.15, 0.2) is 0 Å². The van der Waals surface area contributed by atoms with Crippen LogP contribution in [-0.2, 0) is 6.54 Å². The van der Waals surface area contributed by atoms with Crippen LogP contribution in [0.3, 0.4) is 0 Å². The molecule has 0 N–H and O–H groups in total. The Balaban J connectivity index is 1.69. The molecule has 32 heavy (non-hydrogen) atoms. The molecular formula is C24H14Cl3N3O2. The Bertz CT molecular complexity index is 1620. The van der Waals surface area contributed by atoms with Crippen LogP contribution in [0.2, 0.25) is 15.1 Å². The van der Waals surface area contributed by atoms with Gasteiger partial charge >= 0.3 is 0 Å². The third-order valence-electron chi connectivity index (χ3n) is 5.24. The van der Waals surface area contributed by atoms with E-state index in [0.717, 1.165) is 5.56 Å². The zero-order chi connectivity index (χ0) is 22.4. The van der Waals surface area contributed by atoms with Crippen LogP contribution in [0.1, 0.15) is 5.56 Å². The van der Waals surface area contributed by atoms with Crippen molar-refractivity contribution in [3.05, 3.63) is 114 Å². The van der Waals surface area contributed by atoms with Crippen molar-refractivity contribution < 1.29 is 0 Å². The Morgan fingerprint density at radius 3 is 2.12 bits per heavy atom. The summed E-state index contributed by atoms with van der Waals surface area (Å²) in [5.74, 6) is 0. The molecule has 0 saturated carbocycles. The van der Waals surface area contributed by atoms with Gasteiger partial charge in [0.25, 0.3) is 11.1 Å². The molecule has 0 fully saturated rings. The molecule has 0 bridgehead atoms. The zero-order valence-electron chi connectivity index (χ0n) is 16.4. The summed E-state index contributed by atoms with van der Waals surface area (Å²) < 4.78 is 2.98. The molecule has 0 unspecified atom stereocenters. The molecule has 0 aliphatic heterocycles. The van der Waals surface area contributed by atoms with Gasteiger partial charge in [-0.15, -0.1) is 0 Å². The van der Waals surface area contributed by atoms with Crippen molar-refractivity contribution in [2.45, 2.75) is 6.54 Å². The fraction of sp³-hybridized carbons (Fsp3) is 0.0417. The van der Waals surface area contributed by atoms with Crippen LogP contribution in [0.25, 0.3) is 27.5 Å². The Morgan fingerprint density at radius 1 is 0.750 bits per heavy atom. The Kier molecular flexibility index (Phi) is 5.25. The van der Waals surface area contributed by atoms with Crippen molar-refractivity contribution in [1.29, 1.82) is 0 Å². The monoisotopic (exact) mass is 481 g/mol. The van der Waals surface area contributed by atoms with Gasteiger partial charge in [-0.3, -0.25) is 14.2 Å². The molecule has 3 heterocycles. The van der Waals surface area contributed by atoms with E-state index in [4.69, 9.17) is 34.8 Å². The molecule has 0 saturated heterocycles. The van der Waals surface area contributed by atoms with Crippen LogP contribution in [0.5, 0.6) is 0 Å². The van der Waals surface area contributed by atoms with Crippen LogP contribution >= 0.6 is 34.8 Å². The van der Waals surface area contributed by atoms with Crippen molar-refractivity contribution >= 4 is 56.6 Å². The number of aromatic nitrogens is 3. The summed E-state index contributed by atoms with van der Waals surface area (Å²) >= 11 is 18.4. The fourth-order valence-corrected chi connectivity index (χ4v) is 4.39. The van der Waals surface area contributed by atoms with Gasteiger partial charge in [0, 0.05) is 27.5 Å². The van der Waals surface area contributed by atoms with E-state index in [9.17, 15) is 9.59 Å². The lowest BCUT2D eigenvalue weighted by atomic mass is 10.1. The van der Waals surface area contributed by atoms with Crippen molar-refractivity contribution in [2.24, 2.45) is 0 Å². The lowest BCUT2D eigenvalue weighted by Gasteiger charge is -2.11. The first kappa shape index (κ1) is 20.8. The van der Waals surface area contributed by atoms with Crippen LogP contribution in [0.4, 0.5) is 0 Å². The number of fused-ring (bicyclic) bond motifs is 2. The molecule has 0 spiro atoms. The highest BCUT2D eigenvalue weighted by molar-refractivity contribution is 6.34. The molecular weight excluding hydrogens is 469 g/mol. The normalized spacial score (nSPS) is 11.3. The van der Waals surface area contributed by atoms with Crippen LogP contribution in [0, 0.1) is 0 Å². The number of rotatable bonds is 3. The predicted octanol–water partition coefficient (Wildman–Crippen LogP) is 5.71. The minimum absolute atomic E-state index is 0.252. The number of pyridine rings is 3. The van der Waals surface area contributed by atoms with Gasteiger partial charge < -0.3 is 4.57 Å². The largest absolute Gasteiger partial charge is 0.310 e. The smallest absolute Gasteiger partial charge is 0.264 e. The third kappa shape index (κ3) is 3.69. The molecule has 0 aliphatic carbocycles. The van der Waals surface area contributed by atoms with Crippen LogP contribution in [-0.4, -0.2) is 14.1 Å². The lowest BCUT2D eigenvalue weighted by molar-refractivity contribution is 0.768. The van der Waals surface area contributed by atoms with E-state index in [1.165, 1.54) is 4.57 Å². The van der Waals surface area contributed by atoms with Crippen LogP contribution < -0.4 is 11.1 Å². The molecule has 0 aliphatic rings. The summed E-state index contributed by atoms with van der Waals surface area (Å²) in [6.45, 7) is 0.312. The van der Waals surface area contributed by atoms with Gasteiger partial charge in [-0.2, -0.15) is 0 Å². The van der Waals surface area contributed by atoms with Crippen molar-refractivity contribution in [3.63, 3.8) is 0 Å². The van der Waals surface area contributed by atoms with Gasteiger partial charge in [0.2, 0.25) is 0 Å². The standard InChI is InChI=1S/C24H14Cl3N3O2/c25-15-9-16(26)11-17(10-15)30-8-6-22-19(24(30)32)12-18-21(28-22)5-7-29(23(18)31)13-14-3-1-2-4-20(14)27/h1-12H,13H2. The molecule has 0 radical (unpaired) electrons. The molecule has 8 heteroatoms. The van der Waals surface area contributed by atoms with Gasteiger partial charge in [-0.25, -0.2) is 4.98 Å². The maximum absolute atomic E-state index is 13.2. The van der Waals surface area contributed by atoms with E-state index in [2.05, 4.69) is 4.98 Å². The highest BCUT2D eigenvalue weighted by Crippen LogP contribution is 2.22. The van der Waals surface area contributed by atoms with Gasteiger partial charge in [-0.1, -0.05) is 53.0 Å². The molecule has 5 rings (SSSR count). The van der Waals surface area contributed by atoms with E-state index in [-0.39, 0.29) is 11.1 Å². The second-order valence-electron chi connectivity index (χ2n) is 7.31. The summed E-state index contributed by atoms with van der Waals surface area (Å²) in [5, 5.41) is 2.09. The van der Waals surface area contributed by atoms with Gasteiger partial charge in [-0.05, 0) is 48.0 Å². The molecule has 3 aromatic heterocycles. The average Bonchev–Trinajstić information content (AvgIpc) is 2.76. The van der Waals surface area contributed by atoms with Crippen molar-refractivity contribution in [2.75, 3.05) is 0 Å². The first-order chi connectivity index (χ1) is 15.4. The summed E-state index contributed by atoms with van der Waals surface area (Å²) in [7, 11) is 0. The summed E-state index contributed by atoms with van der Waals surface area (Å²) in [6, 6.07) is 17.3. The van der Waals surface area contributed by atoms with Crippen LogP contribution in [0.15, 0.2) is 82.6 Å². The first-order valence-electron chi connectivity index (χ1n) is 9.66. The molecule has 0 atom stereocenters. The number of nitrogens with zero attached hydrogens (tertiary/aromatic N) is 3. The van der Waals surface area contributed by atoms with Crippen molar-refractivity contribution in [3.8, 4) is 5.69 Å². The quantitative estimate of drug-likeness (QED) is 0.310. The van der Waals surface area contributed by atoms with E-state index in [0.29, 0.717) is 49.1 Å².